The maximum Gasteiger partial charge on any atom is 0.234 e. The van der Waals surface area contributed by atoms with Crippen LogP contribution in [0, 0.1) is 0 Å². The molecule has 0 saturated carbocycles. The predicted octanol–water partition coefficient (Wildman–Crippen LogP) is 2.09. The van der Waals surface area contributed by atoms with Gasteiger partial charge in [-0.3, -0.25) is 9.82 Å². The lowest BCUT2D eigenvalue weighted by Crippen LogP contribution is -2.18. The highest BCUT2D eigenvalue weighted by Gasteiger charge is 2.12. The summed E-state index contributed by atoms with van der Waals surface area (Å²) in [4.78, 5) is 0.957. The number of nitrogen functional groups attached to an aromatic ring is 1. The van der Waals surface area contributed by atoms with E-state index in [1.807, 2.05) is 25.1 Å². The van der Waals surface area contributed by atoms with Crippen molar-refractivity contribution in [3.63, 3.8) is 0 Å². The summed E-state index contributed by atoms with van der Waals surface area (Å²) in [7, 11) is -3.39. The van der Waals surface area contributed by atoms with Gasteiger partial charge in [-0.25, -0.2) is 8.42 Å². The van der Waals surface area contributed by atoms with Crippen molar-refractivity contribution in [3.05, 3.63) is 36.0 Å². The third-order valence-corrected chi connectivity index (χ3v) is 5.27. The first-order valence-electron chi connectivity index (χ1n) is 6.51. The number of H-pyrrole nitrogens is 1. The number of rotatable bonds is 7. The zero-order chi connectivity index (χ0) is 15.3. The Balaban J connectivity index is 1.86. The number of sulfonamides is 1. The SMILES string of the molecule is CCc1cc(NS(=O)(=O)CCSc2cccc(N)c2)n[nH]1. The molecule has 4 N–H and O–H groups in total. The van der Waals surface area contributed by atoms with E-state index in [1.54, 1.807) is 12.1 Å². The van der Waals surface area contributed by atoms with E-state index in [-0.39, 0.29) is 5.75 Å². The Morgan fingerprint density at radius 3 is 2.86 bits per heavy atom. The Hall–Kier alpha value is -1.67. The van der Waals surface area contributed by atoms with Crippen molar-refractivity contribution in [1.29, 1.82) is 0 Å². The third-order valence-electron chi connectivity index (χ3n) is 2.75. The minimum absolute atomic E-state index is 0.0147. The van der Waals surface area contributed by atoms with Gasteiger partial charge in [-0.05, 0) is 24.6 Å². The standard InChI is InChI=1S/C13H18N4O2S2/c1-2-11-9-13(16-15-11)17-21(18,19)7-6-20-12-5-3-4-10(14)8-12/h3-5,8-9H,2,6-7,14H2,1H3,(H2,15,16,17). The maximum absolute atomic E-state index is 12.0. The fourth-order valence-corrected chi connectivity index (χ4v) is 4.05. The smallest absolute Gasteiger partial charge is 0.234 e. The summed E-state index contributed by atoms with van der Waals surface area (Å²) in [6.07, 6.45) is 0.778. The van der Waals surface area contributed by atoms with E-state index in [0.717, 1.165) is 17.0 Å². The van der Waals surface area contributed by atoms with Gasteiger partial charge in [0.25, 0.3) is 0 Å². The molecule has 8 heteroatoms. The molecule has 0 aliphatic rings. The molecule has 2 aromatic rings. The average Bonchev–Trinajstić information content (AvgIpc) is 2.85. The molecule has 0 amide bonds. The second kappa shape index (κ2) is 6.86. The van der Waals surface area contributed by atoms with Gasteiger partial charge in [0, 0.05) is 28.1 Å². The quantitative estimate of drug-likeness (QED) is 0.534. The first-order chi connectivity index (χ1) is 9.98. The van der Waals surface area contributed by atoms with E-state index in [9.17, 15) is 8.42 Å². The molecule has 0 atom stereocenters. The first-order valence-corrected chi connectivity index (χ1v) is 9.15. The topological polar surface area (TPSA) is 101 Å². The molecule has 0 aliphatic heterocycles. The zero-order valence-corrected chi connectivity index (χ0v) is 13.3. The van der Waals surface area contributed by atoms with E-state index in [0.29, 0.717) is 17.3 Å². The van der Waals surface area contributed by atoms with Crippen molar-refractivity contribution in [2.45, 2.75) is 18.2 Å². The number of hydrogen-bond donors (Lipinski definition) is 3. The molecule has 0 saturated heterocycles. The summed E-state index contributed by atoms with van der Waals surface area (Å²) in [5, 5.41) is 6.68. The average molecular weight is 326 g/mol. The van der Waals surface area contributed by atoms with E-state index in [4.69, 9.17) is 5.73 Å². The number of aromatic amines is 1. The molecule has 0 bridgehead atoms. The summed E-state index contributed by atoms with van der Waals surface area (Å²) in [5.74, 6) is 0.797. The molecule has 21 heavy (non-hydrogen) atoms. The Bertz CT molecular complexity index is 698. The van der Waals surface area contributed by atoms with Gasteiger partial charge in [0.1, 0.15) is 0 Å². The van der Waals surface area contributed by atoms with Crippen molar-refractivity contribution in [1.82, 2.24) is 10.2 Å². The molecular formula is C13H18N4O2S2. The number of aromatic nitrogens is 2. The van der Waals surface area contributed by atoms with Crippen LogP contribution in [0.15, 0.2) is 35.2 Å². The van der Waals surface area contributed by atoms with Crippen LogP contribution in [0.3, 0.4) is 0 Å². The lowest BCUT2D eigenvalue weighted by atomic mass is 10.3. The van der Waals surface area contributed by atoms with Crippen molar-refractivity contribution >= 4 is 33.3 Å². The van der Waals surface area contributed by atoms with Crippen LogP contribution < -0.4 is 10.5 Å². The number of nitrogens with zero attached hydrogens (tertiary/aromatic N) is 1. The van der Waals surface area contributed by atoms with Crippen molar-refractivity contribution in [2.24, 2.45) is 0 Å². The van der Waals surface area contributed by atoms with E-state index in [2.05, 4.69) is 14.9 Å². The zero-order valence-electron chi connectivity index (χ0n) is 11.7. The van der Waals surface area contributed by atoms with Gasteiger partial charge in [0.05, 0.1) is 5.75 Å². The molecule has 0 spiro atoms. The molecule has 1 heterocycles. The molecule has 0 fully saturated rings. The number of anilines is 2. The van der Waals surface area contributed by atoms with Crippen LogP contribution in [0.1, 0.15) is 12.6 Å². The number of nitrogens with one attached hydrogen (secondary N) is 2. The van der Waals surface area contributed by atoms with Crippen molar-refractivity contribution in [3.8, 4) is 0 Å². The highest BCUT2D eigenvalue weighted by atomic mass is 32.2. The normalized spacial score (nSPS) is 11.5. The van der Waals surface area contributed by atoms with Crippen LogP contribution >= 0.6 is 11.8 Å². The molecule has 1 aromatic carbocycles. The summed E-state index contributed by atoms with van der Waals surface area (Å²) < 4.78 is 26.4. The van der Waals surface area contributed by atoms with Crippen molar-refractivity contribution in [2.75, 3.05) is 22.0 Å². The van der Waals surface area contributed by atoms with Gasteiger partial charge in [0.15, 0.2) is 5.82 Å². The number of hydrogen-bond acceptors (Lipinski definition) is 5. The Labute approximate surface area is 128 Å². The largest absolute Gasteiger partial charge is 0.399 e. The van der Waals surface area contributed by atoms with Gasteiger partial charge >= 0.3 is 0 Å². The minimum Gasteiger partial charge on any atom is -0.399 e. The lowest BCUT2D eigenvalue weighted by Gasteiger charge is -2.05. The number of aryl methyl sites for hydroxylation is 1. The van der Waals surface area contributed by atoms with Crippen LogP contribution in [-0.4, -0.2) is 30.1 Å². The Morgan fingerprint density at radius 1 is 1.38 bits per heavy atom. The van der Waals surface area contributed by atoms with Crippen molar-refractivity contribution < 1.29 is 8.42 Å². The van der Waals surface area contributed by atoms with Crippen LogP contribution in [0.25, 0.3) is 0 Å². The summed E-state index contributed by atoms with van der Waals surface area (Å²) >= 11 is 1.45. The summed E-state index contributed by atoms with van der Waals surface area (Å²) in [6.45, 7) is 1.97. The van der Waals surface area contributed by atoms with Crippen LogP contribution in [-0.2, 0) is 16.4 Å². The second-order valence-corrected chi connectivity index (χ2v) is 7.48. The number of thioether (sulfide) groups is 1. The van der Waals surface area contributed by atoms with Gasteiger partial charge in [-0.2, -0.15) is 5.10 Å². The predicted molar refractivity (Wildman–Crippen MR) is 87.0 cm³/mol. The summed E-state index contributed by atoms with van der Waals surface area (Å²) in [5.41, 5.74) is 7.24. The number of nitrogens with two attached hydrogens (primary N) is 1. The van der Waals surface area contributed by atoms with Crippen LogP contribution in [0.2, 0.25) is 0 Å². The fourth-order valence-electron chi connectivity index (χ4n) is 1.68. The molecule has 6 nitrogen and oxygen atoms in total. The molecule has 114 valence electrons. The Morgan fingerprint density at radius 2 is 2.19 bits per heavy atom. The molecular weight excluding hydrogens is 308 g/mol. The van der Waals surface area contributed by atoms with E-state index in [1.165, 1.54) is 11.8 Å². The molecule has 0 radical (unpaired) electrons. The first kappa shape index (κ1) is 15.7. The molecule has 1 aromatic heterocycles. The van der Waals surface area contributed by atoms with E-state index < -0.39 is 10.0 Å². The molecule has 0 unspecified atom stereocenters. The van der Waals surface area contributed by atoms with Crippen LogP contribution in [0.5, 0.6) is 0 Å². The maximum atomic E-state index is 12.0. The summed E-state index contributed by atoms with van der Waals surface area (Å²) in [6, 6.07) is 9.07. The van der Waals surface area contributed by atoms with Gasteiger partial charge < -0.3 is 5.73 Å². The highest BCUT2D eigenvalue weighted by Crippen LogP contribution is 2.20. The molecule has 2 rings (SSSR count). The van der Waals surface area contributed by atoms with Gasteiger partial charge in [0.2, 0.25) is 10.0 Å². The van der Waals surface area contributed by atoms with E-state index >= 15 is 0 Å². The third kappa shape index (κ3) is 4.98. The Kier molecular flexibility index (Phi) is 5.13. The minimum atomic E-state index is -3.39. The van der Waals surface area contributed by atoms with Gasteiger partial charge in [-0.15, -0.1) is 11.8 Å². The lowest BCUT2D eigenvalue weighted by molar-refractivity contribution is 0.602. The highest BCUT2D eigenvalue weighted by molar-refractivity contribution is 8.01. The second-order valence-electron chi connectivity index (χ2n) is 4.47. The monoisotopic (exact) mass is 326 g/mol. The van der Waals surface area contributed by atoms with Gasteiger partial charge in [-0.1, -0.05) is 13.0 Å². The number of benzene rings is 1. The van der Waals surface area contributed by atoms with Crippen LogP contribution in [0.4, 0.5) is 11.5 Å². The molecule has 0 aliphatic carbocycles. The fraction of sp³-hybridized carbons (Fsp3) is 0.308.